The van der Waals surface area contributed by atoms with Gasteiger partial charge in [0.1, 0.15) is 5.75 Å². The predicted molar refractivity (Wildman–Crippen MR) is 112 cm³/mol. The van der Waals surface area contributed by atoms with Gasteiger partial charge in [-0.15, -0.1) is 0 Å². The number of ether oxygens (including phenoxy) is 3. The molecule has 0 aliphatic carbocycles. The van der Waals surface area contributed by atoms with Crippen molar-refractivity contribution < 1.29 is 19.0 Å². The average molecular weight is 406 g/mol. The second kappa shape index (κ2) is 9.69. The first-order valence-electron chi connectivity index (χ1n) is 9.26. The molecule has 0 fully saturated rings. The number of carbonyl (C=O) groups is 1. The molecule has 2 atom stereocenters. The zero-order valence-corrected chi connectivity index (χ0v) is 18.0. The van der Waals surface area contributed by atoms with Crippen LogP contribution >= 0.6 is 11.6 Å². The number of hydrogen-bond acceptors (Lipinski definition) is 4. The smallest absolute Gasteiger partial charge is 0.261 e. The van der Waals surface area contributed by atoms with Crippen molar-refractivity contribution >= 4 is 17.5 Å². The van der Waals surface area contributed by atoms with E-state index >= 15 is 0 Å². The summed E-state index contributed by atoms with van der Waals surface area (Å²) >= 11 is 6.20. The summed E-state index contributed by atoms with van der Waals surface area (Å²) in [6.45, 7) is 7.57. The van der Waals surface area contributed by atoms with Crippen molar-refractivity contribution in [2.24, 2.45) is 0 Å². The number of amides is 1. The molecule has 1 amide bonds. The van der Waals surface area contributed by atoms with Crippen LogP contribution in [0.5, 0.6) is 17.2 Å². The van der Waals surface area contributed by atoms with E-state index in [1.54, 1.807) is 21.1 Å². The molecule has 2 aromatic rings. The minimum absolute atomic E-state index is 0.160. The highest BCUT2D eigenvalue weighted by Crippen LogP contribution is 2.31. The van der Waals surface area contributed by atoms with E-state index in [-0.39, 0.29) is 11.9 Å². The minimum atomic E-state index is -0.644. The summed E-state index contributed by atoms with van der Waals surface area (Å²) in [6.07, 6.45) is 0.0850. The van der Waals surface area contributed by atoms with Gasteiger partial charge in [-0.2, -0.15) is 0 Å². The highest BCUT2D eigenvalue weighted by atomic mass is 35.5. The van der Waals surface area contributed by atoms with Gasteiger partial charge in [-0.25, -0.2) is 0 Å². The number of benzene rings is 2. The number of aryl methyl sites for hydroxylation is 2. The Labute approximate surface area is 171 Å². The van der Waals surface area contributed by atoms with Gasteiger partial charge in [-0.3, -0.25) is 4.79 Å². The van der Waals surface area contributed by atoms with Crippen LogP contribution in [0.25, 0.3) is 0 Å². The third-order valence-corrected chi connectivity index (χ3v) is 5.22. The Bertz CT molecular complexity index is 814. The zero-order valence-electron chi connectivity index (χ0n) is 17.3. The summed E-state index contributed by atoms with van der Waals surface area (Å²) in [5, 5.41) is 3.76. The lowest BCUT2D eigenvalue weighted by molar-refractivity contribution is -0.128. The molecule has 5 nitrogen and oxygen atoms in total. The molecule has 152 valence electrons. The highest BCUT2D eigenvalue weighted by molar-refractivity contribution is 6.32. The van der Waals surface area contributed by atoms with E-state index in [1.165, 1.54) is 0 Å². The first-order chi connectivity index (χ1) is 13.3. The monoisotopic (exact) mass is 405 g/mol. The molecule has 0 heterocycles. The van der Waals surface area contributed by atoms with Gasteiger partial charge in [0.25, 0.3) is 5.91 Å². The van der Waals surface area contributed by atoms with Crippen LogP contribution in [0.2, 0.25) is 5.02 Å². The predicted octanol–water partition coefficient (Wildman–Crippen LogP) is 5.01. The summed E-state index contributed by atoms with van der Waals surface area (Å²) < 4.78 is 16.5. The topological polar surface area (TPSA) is 56.8 Å². The summed E-state index contributed by atoms with van der Waals surface area (Å²) in [6, 6.07) is 9.15. The molecule has 0 saturated heterocycles. The van der Waals surface area contributed by atoms with Crippen molar-refractivity contribution in [3.05, 3.63) is 52.0 Å². The molecule has 0 saturated carbocycles. The minimum Gasteiger partial charge on any atom is -0.493 e. The summed E-state index contributed by atoms with van der Waals surface area (Å²) in [4.78, 5) is 12.7. The van der Waals surface area contributed by atoms with Crippen molar-refractivity contribution in [2.45, 2.75) is 46.3 Å². The van der Waals surface area contributed by atoms with E-state index in [4.69, 9.17) is 25.8 Å². The van der Waals surface area contributed by atoms with E-state index in [1.807, 2.05) is 51.1 Å². The van der Waals surface area contributed by atoms with Crippen LogP contribution in [0.15, 0.2) is 30.3 Å². The Morgan fingerprint density at radius 1 is 1.07 bits per heavy atom. The van der Waals surface area contributed by atoms with Crippen molar-refractivity contribution in [3.8, 4) is 17.2 Å². The van der Waals surface area contributed by atoms with Gasteiger partial charge in [0.15, 0.2) is 17.6 Å². The Kier molecular flexibility index (Phi) is 7.58. The number of nitrogens with one attached hydrogen (secondary N) is 1. The molecular weight excluding hydrogens is 378 g/mol. The molecule has 2 rings (SSSR count). The highest BCUT2D eigenvalue weighted by Gasteiger charge is 2.21. The van der Waals surface area contributed by atoms with E-state index in [2.05, 4.69) is 5.32 Å². The molecule has 0 spiro atoms. The number of methoxy groups -OCH3 is 2. The molecule has 2 aromatic carbocycles. The van der Waals surface area contributed by atoms with Gasteiger partial charge in [-0.1, -0.05) is 24.6 Å². The van der Waals surface area contributed by atoms with E-state index in [9.17, 15) is 4.79 Å². The Hall–Kier alpha value is -2.40. The molecule has 1 N–H and O–H groups in total. The first kappa shape index (κ1) is 21.9. The second-order valence-corrected chi connectivity index (χ2v) is 7.09. The maximum atomic E-state index is 12.7. The van der Waals surface area contributed by atoms with Crippen LogP contribution in [-0.4, -0.2) is 26.2 Å². The van der Waals surface area contributed by atoms with Crippen LogP contribution in [0.3, 0.4) is 0 Å². The number of carbonyl (C=O) groups excluding carboxylic acids is 1. The van der Waals surface area contributed by atoms with Gasteiger partial charge in [0.05, 0.1) is 20.3 Å². The lowest BCUT2D eigenvalue weighted by Gasteiger charge is -2.22. The van der Waals surface area contributed by atoms with Gasteiger partial charge in [0.2, 0.25) is 0 Å². The number of halogens is 1. The van der Waals surface area contributed by atoms with Crippen molar-refractivity contribution in [3.63, 3.8) is 0 Å². The van der Waals surface area contributed by atoms with Crippen molar-refractivity contribution in [2.75, 3.05) is 14.2 Å². The van der Waals surface area contributed by atoms with Crippen molar-refractivity contribution in [1.82, 2.24) is 5.32 Å². The molecule has 0 aliphatic heterocycles. The van der Waals surface area contributed by atoms with Crippen molar-refractivity contribution in [1.29, 1.82) is 0 Å². The van der Waals surface area contributed by atoms with Gasteiger partial charge in [-0.05, 0) is 68.1 Å². The Morgan fingerprint density at radius 3 is 2.21 bits per heavy atom. The standard InChI is InChI=1S/C22H28ClNO4/c1-7-18(16-8-9-19(26-5)20(12-16)27-6)24-22(25)15(4)28-17-10-13(2)21(23)14(3)11-17/h8-12,15,18H,7H2,1-6H3,(H,24,25)/t15-,18+/m0/s1. The molecule has 0 aromatic heterocycles. The van der Waals surface area contributed by atoms with Gasteiger partial charge >= 0.3 is 0 Å². The van der Waals surface area contributed by atoms with E-state index < -0.39 is 6.10 Å². The summed E-state index contributed by atoms with van der Waals surface area (Å²) in [5.41, 5.74) is 2.78. The van der Waals surface area contributed by atoms with Crippen LogP contribution < -0.4 is 19.5 Å². The zero-order chi connectivity index (χ0) is 20.8. The molecule has 0 radical (unpaired) electrons. The third-order valence-electron chi connectivity index (χ3n) is 4.63. The van der Waals surface area contributed by atoms with Crippen LogP contribution in [0.4, 0.5) is 0 Å². The maximum Gasteiger partial charge on any atom is 0.261 e. The largest absolute Gasteiger partial charge is 0.493 e. The first-order valence-corrected chi connectivity index (χ1v) is 9.64. The van der Waals surface area contributed by atoms with Gasteiger partial charge in [0, 0.05) is 5.02 Å². The average Bonchev–Trinajstić information content (AvgIpc) is 2.69. The fraction of sp³-hybridized carbons (Fsp3) is 0.409. The second-order valence-electron chi connectivity index (χ2n) is 6.71. The molecule has 28 heavy (non-hydrogen) atoms. The summed E-state index contributed by atoms with van der Waals surface area (Å²) in [5.74, 6) is 1.72. The number of hydrogen-bond donors (Lipinski definition) is 1. The molecule has 0 aliphatic rings. The SMILES string of the molecule is CC[C@@H](NC(=O)[C@H](C)Oc1cc(C)c(Cl)c(C)c1)c1ccc(OC)c(OC)c1. The fourth-order valence-corrected chi connectivity index (χ4v) is 3.12. The van der Waals surface area contributed by atoms with E-state index in [0.717, 1.165) is 23.1 Å². The Balaban J connectivity index is 2.11. The maximum absolute atomic E-state index is 12.7. The quantitative estimate of drug-likeness (QED) is 0.670. The molecular formula is C22H28ClNO4. The molecule has 0 bridgehead atoms. The number of rotatable bonds is 8. The lowest BCUT2D eigenvalue weighted by Crippen LogP contribution is -2.38. The summed E-state index contributed by atoms with van der Waals surface area (Å²) in [7, 11) is 3.18. The van der Waals surface area contributed by atoms with Gasteiger partial charge < -0.3 is 19.5 Å². The van der Waals surface area contributed by atoms with Crippen LogP contribution in [0.1, 0.15) is 43.0 Å². The Morgan fingerprint density at radius 2 is 1.68 bits per heavy atom. The van der Waals surface area contributed by atoms with Crippen LogP contribution in [-0.2, 0) is 4.79 Å². The molecule has 6 heteroatoms. The normalized spacial score (nSPS) is 12.8. The third kappa shape index (κ3) is 5.10. The van der Waals surface area contributed by atoms with E-state index in [0.29, 0.717) is 22.3 Å². The lowest BCUT2D eigenvalue weighted by atomic mass is 10.0. The van der Waals surface area contributed by atoms with Crippen LogP contribution in [0, 0.1) is 13.8 Å². The fourth-order valence-electron chi connectivity index (χ4n) is 3.01. The molecule has 0 unspecified atom stereocenters.